The summed E-state index contributed by atoms with van der Waals surface area (Å²) in [6.07, 6.45) is 2.50. The third-order valence-corrected chi connectivity index (χ3v) is 6.55. The Bertz CT molecular complexity index is 1490. The number of hydrogen-bond acceptors (Lipinski definition) is 3. The van der Waals surface area contributed by atoms with E-state index in [4.69, 9.17) is 4.74 Å². The molecule has 0 aliphatic carbocycles. The van der Waals surface area contributed by atoms with E-state index in [1.54, 1.807) is 23.1 Å². The van der Waals surface area contributed by atoms with E-state index in [2.05, 4.69) is 42.6 Å². The smallest absolute Gasteiger partial charge is 0.294 e. The summed E-state index contributed by atoms with van der Waals surface area (Å²) in [6, 6.07) is 31.2. The number of para-hydroxylation sites is 2. The summed E-state index contributed by atoms with van der Waals surface area (Å²) in [5.41, 5.74) is 6.69. The monoisotopic (exact) mass is 502 g/mol. The van der Waals surface area contributed by atoms with Crippen molar-refractivity contribution in [3.8, 4) is 5.75 Å². The molecule has 0 bridgehead atoms. The number of hydrogen-bond donors (Lipinski definition) is 1. The number of anilines is 1. The molecule has 4 aromatic rings. The van der Waals surface area contributed by atoms with E-state index >= 15 is 0 Å². The molecule has 5 heteroatoms. The molecule has 38 heavy (non-hydrogen) atoms. The van der Waals surface area contributed by atoms with E-state index in [0.717, 1.165) is 28.8 Å². The molecule has 0 saturated carbocycles. The first-order valence-electron chi connectivity index (χ1n) is 12.8. The Morgan fingerprint density at radius 2 is 1.61 bits per heavy atom. The highest BCUT2D eigenvalue weighted by atomic mass is 16.5. The lowest BCUT2D eigenvalue weighted by atomic mass is 10.1. The van der Waals surface area contributed by atoms with Crippen LogP contribution in [0.1, 0.15) is 38.2 Å². The number of rotatable bonds is 7. The summed E-state index contributed by atoms with van der Waals surface area (Å²) in [5, 5.41) is 2.97. The first kappa shape index (κ1) is 25.0. The molecule has 5 nitrogen and oxygen atoms in total. The van der Waals surface area contributed by atoms with Crippen molar-refractivity contribution in [3.63, 3.8) is 0 Å². The highest BCUT2D eigenvalue weighted by Crippen LogP contribution is 2.36. The predicted octanol–water partition coefficient (Wildman–Crippen LogP) is 6.24. The van der Waals surface area contributed by atoms with Gasteiger partial charge in [0.2, 0.25) is 0 Å². The van der Waals surface area contributed by atoms with Crippen molar-refractivity contribution in [1.29, 1.82) is 0 Å². The van der Waals surface area contributed by atoms with Crippen LogP contribution in [0.2, 0.25) is 0 Å². The minimum atomic E-state index is -0.205. The van der Waals surface area contributed by atoms with E-state index in [1.165, 1.54) is 11.1 Å². The van der Waals surface area contributed by atoms with Gasteiger partial charge in [-0.15, -0.1) is 0 Å². The molecule has 0 atom stereocenters. The highest BCUT2D eigenvalue weighted by molar-refractivity contribution is 6.09. The van der Waals surface area contributed by atoms with Crippen LogP contribution in [0.3, 0.4) is 0 Å². The van der Waals surface area contributed by atoms with Crippen LogP contribution in [0.5, 0.6) is 5.75 Å². The second-order valence-electron chi connectivity index (χ2n) is 9.57. The molecule has 1 aliphatic rings. The number of carbonyl (C=O) groups is 2. The second kappa shape index (κ2) is 11.2. The molecule has 0 fully saturated rings. The molecule has 1 aliphatic heterocycles. The lowest BCUT2D eigenvalue weighted by Gasteiger charge is -2.30. The van der Waals surface area contributed by atoms with Gasteiger partial charge in [0.25, 0.3) is 11.8 Å². The van der Waals surface area contributed by atoms with Crippen LogP contribution in [0.4, 0.5) is 5.69 Å². The van der Waals surface area contributed by atoms with Crippen LogP contribution >= 0.6 is 0 Å². The number of aryl methyl sites for hydroxylation is 2. The molecular weight excluding hydrogens is 472 g/mol. The minimum Gasteiger partial charge on any atom is -0.449 e. The van der Waals surface area contributed by atoms with Crippen molar-refractivity contribution >= 4 is 23.6 Å². The molecule has 0 aromatic heterocycles. The number of fused-ring (bicyclic) bond motifs is 1. The number of ether oxygens (including phenoxy) is 1. The van der Waals surface area contributed by atoms with E-state index in [0.29, 0.717) is 24.4 Å². The van der Waals surface area contributed by atoms with Crippen LogP contribution < -0.4 is 15.0 Å². The lowest BCUT2D eigenvalue weighted by Crippen LogP contribution is -2.36. The van der Waals surface area contributed by atoms with Crippen LogP contribution in [0, 0.1) is 13.8 Å². The molecule has 4 aromatic carbocycles. The van der Waals surface area contributed by atoms with Crippen LogP contribution in [-0.4, -0.2) is 18.4 Å². The van der Waals surface area contributed by atoms with Crippen molar-refractivity contribution in [1.82, 2.24) is 5.32 Å². The Kier molecular flexibility index (Phi) is 7.36. The predicted molar refractivity (Wildman–Crippen MR) is 151 cm³/mol. The van der Waals surface area contributed by atoms with Gasteiger partial charge in [0.1, 0.15) is 0 Å². The van der Waals surface area contributed by atoms with Gasteiger partial charge in [-0.05, 0) is 67.3 Å². The number of carbonyl (C=O) groups excluding carboxylic acids is 2. The van der Waals surface area contributed by atoms with Gasteiger partial charge in [-0.25, -0.2) is 0 Å². The average molecular weight is 503 g/mol. The second-order valence-corrected chi connectivity index (χ2v) is 9.57. The standard InChI is InChI=1S/C33H30N2O3/c1-23-10-12-25(13-11-23)18-19-34-32(36)28-16-14-26(15-17-28)21-31-33(37)35(22-27-7-5-6-24(2)20-27)29-8-3-4-9-30(29)38-31/h3-17,20-21H,18-19,22H2,1-2H3,(H,34,36). The SMILES string of the molecule is Cc1ccc(CCNC(=O)c2ccc(C=C3Oc4ccccc4N(Cc4cccc(C)c4)C3=O)cc2)cc1. The first-order chi connectivity index (χ1) is 18.5. The molecule has 0 spiro atoms. The van der Waals surface area contributed by atoms with Crippen molar-refractivity contribution in [3.05, 3.63) is 136 Å². The van der Waals surface area contributed by atoms with E-state index in [9.17, 15) is 9.59 Å². The highest BCUT2D eigenvalue weighted by Gasteiger charge is 2.30. The van der Waals surface area contributed by atoms with Crippen LogP contribution in [0.25, 0.3) is 6.08 Å². The zero-order chi connectivity index (χ0) is 26.5. The van der Waals surface area contributed by atoms with Gasteiger partial charge in [0.05, 0.1) is 12.2 Å². The fourth-order valence-corrected chi connectivity index (χ4v) is 4.47. The number of nitrogens with one attached hydrogen (secondary N) is 1. The molecule has 1 heterocycles. The Morgan fingerprint density at radius 1 is 0.842 bits per heavy atom. The van der Waals surface area contributed by atoms with Gasteiger partial charge in [-0.1, -0.05) is 83.9 Å². The van der Waals surface area contributed by atoms with Gasteiger partial charge in [0.15, 0.2) is 11.5 Å². The Labute approximate surface area is 223 Å². The van der Waals surface area contributed by atoms with Crippen LogP contribution in [0.15, 0.2) is 103 Å². The zero-order valence-electron chi connectivity index (χ0n) is 21.6. The molecule has 0 unspecified atom stereocenters. The fourth-order valence-electron chi connectivity index (χ4n) is 4.47. The van der Waals surface area contributed by atoms with E-state index in [1.807, 2.05) is 61.5 Å². The van der Waals surface area contributed by atoms with Crippen molar-refractivity contribution in [2.75, 3.05) is 11.4 Å². The Morgan fingerprint density at radius 3 is 2.37 bits per heavy atom. The van der Waals surface area contributed by atoms with Crippen molar-refractivity contribution in [2.45, 2.75) is 26.8 Å². The maximum absolute atomic E-state index is 13.5. The maximum atomic E-state index is 13.5. The molecule has 0 radical (unpaired) electrons. The Hall–Kier alpha value is -4.64. The summed E-state index contributed by atoms with van der Waals surface area (Å²) in [5.74, 6) is 0.546. The lowest BCUT2D eigenvalue weighted by molar-refractivity contribution is -0.117. The van der Waals surface area contributed by atoms with Crippen molar-refractivity contribution < 1.29 is 14.3 Å². The number of benzene rings is 4. The van der Waals surface area contributed by atoms with E-state index in [-0.39, 0.29) is 17.6 Å². The molecule has 1 N–H and O–H groups in total. The topological polar surface area (TPSA) is 58.6 Å². The quantitative estimate of drug-likeness (QED) is 0.304. The molecule has 5 rings (SSSR count). The molecule has 190 valence electrons. The van der Waals surface area contributed by atoms with E-state index < -0.39 is 0 Å². The molecular formula is C33H30N2O3. The van der Waals surface area contributed by atoms with Gasteiger partial charge >= 0.3 is 0 Å². The third-order valence-electron chi connectivity index (χ3n) is 6.55. The summed E-state index contributed by atoms with van der Waals surface area (Å²) >= 11 is 0. The Balaban J connectivity index is 1.29. The third kappa shape index (κ3) is 5.84. The summed E-state index contributed by atoms with van der Waals surface area (Å²) in [7, 11) is 0. The fraction of sp³-hybridized carbons (Fsp3) is 0.152. The average Bonchev–Trinajstić information content (AvgIpc) is 2.92. The van der Waals surface area contributed by atoms with Crippen molar-refractivity contribution in [2.24, 2.45) is 0 Å². The van der Waals surface area contributed by atoms with Gasteiger partial charge < -0.3 is 10.1 Å². The van der Waals surface area contributed by atoms with Gasteiger partial charge in [0, 0.05) is 12.1 Å². The molecule has 0 saturated heterocycles. The summed E-state index contributed by atoms with van der Waals surface area (Å²) < 4.78 is 6.01. The molecule has 2 amide bonds. The number of amides is 2. The zero-order valence-corrected chi connectivity index (χ0v) is 21.6. The van der Waals surface area contributed by atoms with Gasteiger partial charge in [-0.3, -0.25) is 14.5 Å². The number of nitrogens with zero attached hydrogens (tertiary/aromatic N) is 1. The van der Waals surface area contributed by atoms with Crippen LogP contribution in [-0.2, 0) is 17.8 Å². The largest absolute Gasteiger partial charge is 0.449 e. The minimum absolute atomic E-state index is 0.125. The first-order valence-corrected chi connectivity index (χ1v) is 12.8. The summed E-state index contributed by atoms with van der Waals surface area (Å²) in [6.45, 7) is 5.10. The van der Waals surface area contributed by atoms with Gasteiger partial charge in [-0.2, -0.15) is 0 Å². The normalized spacial score (nSPS) is 13.7. The maximum Gasteiger partial charge on any atom is 0.294 e. The summed E-state index contributed by atoms with van der Waals surface area (Å²) in [4.78, 5) is 27.8.